The second kappa shape index (κ2) is 8.88. The normalized spacial score (nSPS) is 10.4. The fourth-order valence-corrected chi connectivity index (χ4v) is 2.90. The molecule has 0 aliphatic rings. The van der Waals surface area contributed by atoms with Gasteiger partial charge in [0, 0.05) is 10.7 Å². The summed E-state index contributed by atoms with van der Waals surface area (Å²) >= 11 is 29.4. The molecule has 0 radical (unpaired) electrons. The molecule has 0 bridgehead atoms. The van der Waals surface area contributed by atoms with E-state index < -0.39 is 6.09 Å². The molecule has 0 unspecified atom stereocenters. The first kappa shape index (κ1) is 19.3. The Morgan fingerprint density at radius 2 is 1.54 bits per heavy atom. The van der Waals surface area contributed by atoms with Crippen molar-refractivity contribution in [3.63, 3.8) is 0 Å². The fourth-order valence-electron chi connectivity index (χ4n) is 1.67. The SMILES string of the molecule is O=C(Nc1ccc(Cl)c(Cl)c1)OCCOc1c(Cl)cc(Cl)cc1Cl. The lowest BCUT2D eigenvalue weighted by Crippen LogP contribution is -2.17. The minimum atomic E-state index is -0.662. The molecule has 0 aromatic heterocycles. The summed E-state index contributed by atoms with van der Waals surface area (Å²) in [5.41, 5.74) is 0.458. The van der Waals surface area contributed by atoms with Gasteiger partial charge in [0.1, 0.15) is 13.2 Å². The van der Waals surface area contributed by atoms with Crippen molar-refractivity contribution in [2.45, 2.75) is 0 Å². The number of nitrogens with one attached hydrogen (secondary N) is 1. The Balaban J connectivity index is 1.80. The molecule has 0 spiro atoms. The molecule has 4 nitrogen and oxygen atoms in total. The number of amides is 1. The highest BCUT2D eigenvalue weighted by Gasteiger charge is 2.10. The fraction of sp³-hybridized carbons (Fsp3) is 0.133. The second-order valence-electron chi connectivity index (χ2n) is 4.44. The summed E-state index contributed by atoms with van der Waals surface area (Å²) in [5.74, 6) is 0.274. The topological polar surface area (TPSA) is 47.6 Å². The minimum Gasteiger partial charge on any atom is -0.487 e. The van der Waals surface area contributed by atoms with E-state index in [1.165, 1.54) is 18.2 Å². The van der Waals surface area contributed by atoms with Crippen LogP contribution in [0.2, 0.25) is 25.1 Å². The summed E-state index contributed by atoms with van der Waals surface area (Å²) in [4.78, 5) is 11.7. The molecule has 2 aromatic rings. The number of rotatable bonds is 5. The first-order valence-corrected chi connectivity index (χ1v) is 8.42. The number of carbonyl (C=O) groups is 1. The third-order valence-electron chi connectivity index (χ3n) is 2.69. The maximum Gasteiger partial charge on any atom is 0.411 e. The number of carbonyl (C=O) groups excluding carboxylic acids is 1. The molecule has 0 heterocycles. The maximum absolute atomic E-state index is 11.7. The van der Waals surface area contributed by atoms with Crippen molar-refractivity contribution >= 4 is 69.8 Å². The molecule has 0 aliphatic carbocycles. The minimum absolute atomic E-state index is 0.0115. The zero-order valence-corrected chi connectivity index (χ0v) is 15.7. The highest BCUT2D eigenvalue weighted by molar-refractivity contribution is 6.42. The molecule has 24 heavy (non-hydrogen) atoms. The first-order valence-electron chi connectivity index (χ1n) is 6.53. The van der Waals surface area contributed by atoms with Crippen molar-refractivity contribution < 1.29 is 14.3 Å². The average molecular weight is 430 g/mol. The van der Waals surface area contributed by atoms with Gasteiger partial charge in [0.05, 0.1) is 20.1 Å². The van der Waals surface area contributed by atoms with E-state index in [-0.39, 0.29) is 29.0 Å². The van der Waals surface area contributed by atoms with Crippen LogP contribution in [-0.2, 0) is 4.74 Å². The van der Waals surface area contributed by atoms with E-state index in [0.29, 0.717) is 20.8 Å². The third-order valence-corrected chi connectivity index (χ3v) is 4.21. The molecule has 9 heteroatoms. The summed E-state index contributed by atoms with van der Waals surface area (Å²) in [6.07, 6.45) is -0.662. The van der Waals surface area contributed by atoms with Gasteiger partial charge in [-0.3, -0.25) is 5.32 Å². The monoisotopic (exact) mass is 427 g/mol. The Bertz CT molecular complexity index is 731. The van der Waals surface area contributed by atoms with Crippen molar-refractivity contribution in [3.8, 4) is 5.75 Å². The highest BCUT2D eigenvalue weighted by atomic mass is 35.5. The number of anilines is 1. The smallest absolute Gasteiger partial charge is 0.411 e. The van der Waals surface area contributed by atoms with E-state index in [1.807, 2.05) is 0 Å². The number of halogens is 5. The van der Waals surface area contributed by atoms with Crippen molar-refractivity contribution in [2.75, 3.05) is 18.5 Å². The second-order valence-corrected chi connectivity index (χ2v) is 6.50. The van der Waals surface area contributed by atoms with Gasteiger partial charge in [0.2, 0.25) is 0 Å². The largest absolute Gasteiger partial charge is 0.487 e. The van der Waals surface area contributed by atoms with E-state index in [0.717, 1.165) is 0 Å². The number of ether oxygens (including phenoxy) is 2. The summed E-state index contributed by atoms with van der Waals surface area (Å²) in [7, 11) is 0. The van der Waals surface area contributed by atoms with Crippen LogP contribution in [0.5, 0.6) is 5.75 Å². The van der Waals surface area contributed by atoms with Crippen LogP contribution in [0.3, 0.4) is 0 Å². The molecule has 0 fully saturated rings. The lowest BCUT2D eigenvalue weighted by Gasteiger charge is -2.11. The van der Waals surface area contributed by atoms with Crippen LogP contribution in [0.4, 0.5) is 10.5 Å². The Morgan fingerprint density at radius 1 is 0.875 bits per heavy atom. The average Bonchev–Trinajstić information content (AvgIpc) is 2.49. The number of hydrogen-bond acceptors (Lipinski definition) is 3. The van der Waals surface area contributed by atoms with Crippen LogP contribution in [0.15, 0.2) is 30.3 Å². The lowest BCUT2D eigenvalue weighted by molar-refractivity contribution is 0.138. The highest BCUT2D eigenvalue weighted by Crippen LogP contribution is 2.35. The van der Waals surface area contributed by atoms with E-state index in [1.54, 1.807) is 12.1 Å². The molecule has 1 amide bonds. The standard InChI is InChI=1S/C15H10Cl5NO3/c16-8-5-12(19)14(13(20)6-8)23-3-4-24-15(22)21-9-1-2-10(17)11(18)7-9/h1-2,5-7H,3-4H2,(H,21,22). The third kappa shape index (κ3) is 5.50. The van der Waals surface area contributed by atoms with Gasteiger partial charge in [0.25, 0.3) is 0 Å². The molecule has 0 aliphatic heterocycles. The number of benzene rings is 2. The van der Waals surface area contributed by atoms with Crippen molar-refractivity contribution in [2.24, 2.45) is 0 Å². The molecule has 0 saturated carbocycles. The Kier molecular flexibility index (Phi) is 7.14. The van der Waals surface area contributed by atoms with Crippen LogP contribution >= 0.6 is 58.0 Å². The summed E-state index contributed by atoms with van der Waals surface area (Å²) in [6.45, 7) is 0.0539. The molecule has 2 aromatic carbocycles. The molecule has 2 rings (SSSR count). The van der Waals surface area contributed by atoms with Crippen LogP contribution < -0.4 is 10.1 Å². The van der Waals surface area contributed by atoms with Gasteiger partial charge in [-0.1, -0.05) is 58.0 Å². The Hall–Kier alpha value is -1.04. The van der Waals surface area contributed by atoms with Crippen molar-refractivity contribution in [3.05, 3.63) is 55.4 Å². The van der Waals surface area contributed by atoms with E-state index in [9.17, 15) is 4.79 Å². The molecule has 0 atom stereocenters. The predicted molar refractivity (Wildman–Crippen MR) is 98.4 cm³/mol. The van der Waals surface area contributed by atoms with Crippen LogP contribution in [0.25, 0.3) is 0 Å². The zero-order chi connectivity index (χ0) is 17.7. The zero-order valence-electron chi connectivity index (χ0n) is 11.9. The molecule has 1 N–H and O–H groups in total. The predicted octanol–water partition coefficient (Wildman–Crippen LogP) is 6.58. The summed E-state index contributed by atoms with van der Waals surface area (Å²) in [5, 5.41) is 4.16. The number of hydrogen-bond donors (Lipinski definition) is 1. The van der Waals surface area contributed by atoms with Gasteiger partial charge in [-0.2, -0.15) is 0 Å². The van der Waals surface area contributed by atoms with E-state index >= 15 is 0 Å². The van der Waals surface area contributed by atoms with Crippen molar-refractivity contribution in [1.29, 1.82) is 0 Å². The quantitative estimate of drug-likeness (QED) is 0.546. The summed E-state index contributed by atoms with van der Waals surface area (Å²) < 4.78 is 10.4. The van der Waals surface area contributed by atoms with Crippen LogP contribution in [-0.4, -0.2) is 19.3 Å². The van der Waals surface area contributed by atoms with Crippen LogP contribution in [0.1, 0.15) is 0 Å². The van der Waals surface area contributed by atoms with E-state index in [4.69, 9.17) is 67.5 Å². The molecular formula is C15H10Cl5NO3. The van der Waals surface area contributed by atoms with Gasteiger partial charge in [0.15, 0.2) is 5.75 Å². The van der Waals surface area contributed by atoms with Gasteiger partial charge in [-0.15, -0.1) is 0 Å². The summed E-state index contributed by atoms with van der Waals surface area (Å²) in [6, 6.07) is 7.67. The van der Waals surface area contributed by atoms with Gasteiger partial charge >= 0.3 is 6.09 Å². The molecule has 0 saturated heterocycles. The Labute approximate surface area is 163 Å². The van der Waals surface area contributed by atoms with Gasteiger partial charge in [-0.05, 0) is 30.3 Å². The first-order chi connectivity index (χ1) is 11.4. The van der Waals surface area contributed by atoms with Crippen molar-refractivity contribution in [1.82, 2.24) is 0 Å². The lowest BCUT2D eigenvalue weighted by atomic mass is 10.3. The molecular weight excluding hydrogens is 419 g/mol. The van der Waals surface area contributed by atoms with E-state index in [2.05, 4.69) is 5.32 Å². The van der Waals surface area contributed by atoms with Gasteiger partial charge in [-0.25, -0.2) is 4.79 Å². The maximum atomic E-state index is 11.7. The molecule has 128 valence electrons. The Morgan fingerprint density at radius 3 is 2.17 bits per heavy atom. The van der Waals surface area contributed by atoms with Crippen LogP contribution in [0, 0.1) is 0 Å². The van der Waals surface area contributed by atoms with Gasteiger partial charge < -0.3 is 9.47 Å².